The zero-order chi connectivity index (χ0) is 17.3. The molecule has 3 rings (SSSR count). The standard InChI is InChI=1S/C18H27N3O3/c1-13(2)20-15-4-5-17(20)11-19(9-8-15)18-7-6-16(21(22)23)10-14(18)12-24-3/h6-7,10,13,15,17H,4-5,8-9,11-12H2,1-3H3. The Balaban J connectivity index is 1.87. The summed E-state index contributed by atoms with van der Waals surface area (Å²) in [7, 11) is 1.63. The van der Waals surface area contributed by atoms with E-state index in [1.165, 1.54) is 12.8 Å². The number of hydrogen-bond acceptors (Lipinski definition) is 5. The first-order chi connectivity index (χ1) is 11.5. The van der Waals surface area contributed by atoms with Crippen molar-refractivity contribution in [2.45, 2.75) is 57.8 Å². The van der Waals surface area contributed by atoms with E-state index in [2.05, 4.69) is 23.6 Å². The van der Waals surface area contributed by atoms with Crippen LogP contribution in [0.2, 0.25) is 0 Å². The molecule has 0 aromatic heterocycles. The van der Waals surface area contributed by atoms with Gasteiger partial charge in [-0.2, -0.15) is 0 Å². The third kappa shape index (κ3) is 3.26. The lowest BCUT2D eigenvalue weighted by atomic mass is 10.1. The predicted molar refractivity (Wildman–Crippen MR) is 94.4 cm³/mol. The van der Waals surface area contributed by atoms with Crippen molar-refractivity contribution in [3.05, 3.63) is 33.9 Å². The molecule has 0 aliphatic carbocycles. The van der Waals surface area contributed by atoms with Crippen LogP contribution in [-0.2, 0) is 11.3 Å². The number of fused-ring (bicyclic) bond motifs is 2. The molecule has 2 unspecified atom stereocenters. The van der Waals surface area contributed by atoms with Gasteiger partial charge in [0, 0.05) is 61.7 Å². The van der Waals surface area contributed by atoms with Crippen LogP contribution in [-0.4, -0.2) is 48.1 Å². The molecule has 0 amide bonds. The van der Waals surface area contributed by atoms with Crippen molar-refractivity contribution in [2.24, 2.45) is 0 Å². The summed E-state index contributed by atoms with van der Waals surface area (Å²) in [6, 6.07) is 6.97. The minimum absolute atomic E-state index is 0.131. The minimum Gasteiger partial charge on any atom is -0.380 e. The summed E-state index contributed by atoms with van der Waals surface area (Å²) in [5.41, 5.74) is 2.12. The number of anilines is 1. The van der Waals surface area contributed by atoms with E-state index < -0.39 is 0 Å². The van der Waals surface area contributed by atoms with Crippen LogP contribution in [0.15, 0.2) is 18.2 Å². The smallest absolute Gasteiger partial charge is 0.269 e. The van der Waals surface area contributed by atoms with Gasteiger partial charge in [-0.1, -0.05) is 0 Å². The fraction of sp³-hybridized carbons (Fsp3) is 0.667. The summed E-state index contributed by atoms with van der Waals surface area (Å²) in [6.07, 6.45) is 3.69. The number of rotatable bonds is 5. The Morgan fingerprint density at radius 3 is 2.71 bits per heavy atom. The lowest BCUT2D eigenvalue weighted by Gasteiger charge is -2.33. The lowest BCUT2D eigenvalue weighted by Crippen LogP contribution is -2.43. The Bertz CT molecular complexity index is 605. The van der Waals surface area contributed by atoms with Gasteiger partial charge < -0.3 is 9.64 Å². The first kappa shape index (κ1) is 17.2. The first-order valence-electron chi connectivity index (χ1n) is 8.80. The number of non-ortho nitro benzene ring substituents is 1. The summed E-state index contributed by atoms with van der Waals surface area (Å²) in [5.74, 6) is 0. The highest BCUT2D eigenvalue weighted by Gasteiger charge is 2.38. The Morgan fingerprint density at radius 2 is 2.04 bits per heavy atom. The summed E-state index contributed by atoms with van der Waals surface area (Å²) in [4.78, 5) is 15.8. The third-order valence-electron chi connectivity index (χ3n) is 5.35. The topological polar surface area (TPSA) is 58.9 Å². The highest BCUT2D eigenvalue weighted by molar-refractivity contribution is 5.58. The molecule has 2 saturated heterocycles. The van der Waals surface area contributed by atoms with Gasteiger partial charge in [0.2, 0.25) is 0 Å². The van der Waals surface area contributed by atoms with Crippen LogP contribution in [0.3, 0.4) is 0 Å². The molecule has 0 spiro atoms. The summed E-state index contributed by atoms with van der Waals surface area (Å²) >= 11 is 0. The number of ether oxygens (including phenoxy) is 1. The fourth-order valence-corrected chi connectivity index (χ4v) is 4.44. The Kier molecular flexibility index (Phi) is 5.06. The van der Waals surface area contributed by atoms with Crippen molar-refractivity contribution in [1.29, 1.82) is 0 Å². The van der Waals surface area contributed by atoms with Crippen molar-refractivity contribution >= 4 is 11.4 Å². The van der Waals surface area contributed by atoms with E-state index in [9.17, 15) is 10.1 Å². The molecule has 2 heterocycles. The highest BCUT2D eigenvalue weighted by Crippen LogP contribution is 2.35. The van der Waals surface area contributed by atoms with Crippen LogP contribution in [0.25, 0.3) is 0 Å². The molecule has 1 aromatic rings. The van der Waals surface area contributed by atoms with Crippen LogP contribution in [0.5, 0.6) is 0 Å². The van der Waals surface area contributed by atoms with Gasteiger partial charge in [-0.05, 0) is 39.2 Å². The molecule has 2 fully saturated rings. The average molecular weight is 333 g/mol. The lowest BCUT2D eigenvalue weighted by molar-refractivity contribution is -0.384. The van der Waals surface area contributed by atoms with E-state index in [-0.39, 0.29) is 10.6 Å². The summed E-state index contributed by atoms with van der Waals surface area (Å²) in [5, 5.41) is 11.1. The molecule has 24 heavy (non-hydrogen) atoms. The van der Waals surface area contributed by atoms with Crippen LogP contribution in [0.1, 0.15) is 38.7 Å². The largest absolute Gasteiger partial charge is 0.380 e. The van der Waals surface area contributed by atoms with Gasteiger partial charge in [-0.3, -0.25) is 15.0 Å². The summed E-state index contributed by atoms with van der Waals surface area (Å²) < 4.78 is 5.29. The molecule has 2 bridgehead atoms. The molecule has 2 aliphatic heterocycles. The number of methoxy groups -OCH3 is 1. The minimum atomic E-state index is -0.339. The van der Waals surface area contributed by atoms with E-state index in [0.717, 1.165) is 30.8 Å². The molecule has 132 valence electrons. The second-order valence-corrected chi connectivity index (χ2v) is 7.16. The Morgan fingerprint density at radius 1 is 1.29 bits per heavy atom. The third-order valence-corrected chi connectivity index (χ3v) is 5.35. The van der Waals surface area contributed by atoms with Crippen molar-refractivity contribution in [3.63, 3.8) is 0 Å². The molecule has 1 aromatic carbocycles. The number of hydrogen-bond donors (Lipinski definition) is 0. The maximum atomic E-state index is 11.1. The van der Waals surface area contributed by atoms with Gasteiger partial charge in [-0.25, -0.2) is 0 Å². The molecule has 0 saturated carbocycles. The van der Waals surface area contributed by atoms with Crippen molar-refractivity contribution < 1.29 is 9.66 Å². The van der Waals surface area contributed by atoms with Crippen LogP contribution < -0.4 is 4.90 Å². The van der Waals surface area contributed by atoms with Gasteiger partial charge in [0.05, 0.1) is 11.5 Å². The maximum Gasteiger partial charge on any atom is 0.269 e. The molecule has 0 radical (unpaired) electrons. The Hall–Kier alpha value is -1.66. The maximum absolute atomic E-state index is 11.1. The second kappa shape index (κ2) is 7.07. The normalized spacial score (nSPS) is 24.4. The molecule has 6 nitrogen and oxygen atoms in total. The van der Waals surface area contributed by atoms with Crippen molar-refractivity contribution in [2.75, 3.05) is 25.1 Å². The molecule has 2 atom stereocenters. The van der Waals surface area contributed by atoms with E-state index in [4.69, 9.17) is 4.74 Å². The van der Waals surface area contributed by atoms with Crippen molar-refractivity contribution in [1.82, 2.24) is 4.90 Å². The fourth-order valence-electron chi connectivity index (χ4n) is 4.44. The molecular formula is C18H27N3O3. The van der Waals surface area contributed by atoms with Crippen molar-refractivity contribution in [3.8, 4) is 0 Å². The number of nitro groups is 1. The number of nitro benzene ring substituents is 1. The predicted octanol–water partition coefficient (Wildman–Crippen LogP) is 3.19. The zero-order valence-electron chi connectivity index (χ0n) is 14.8. The van der Waals surface area contributed by atoms with Gasteiger partial charge >= 0.3 is 0 Å². The quantitative estimate of drug-likeness (QED) is 0.612. The van der Waals surface area contributed by atoms with Crippen LogP contribution in [0.4, 0.5) is 11.4 Å². The summed E-state index contributed by atoms with van der Waals surface area (Å²) in [6.45, 7) is 6.95. The molecule has 2 aliphatic rings. The highest BCUT2D eigenvalue weighted by atomic mass is 16.6. The SMILES string of the molecule is COCc1cc([N+](=O)[O-])ccc1N1CCC2CCC(C1)N2C(C)C. The van der Waals surface area contributed by atoms with E-state index in [0.29, 0.717) is 24.7 Å². The van der Waals surface area contributed by atoms with E-state index >= 15 is 0 Å². The van der Waals surface area contributed by atoms with Gasteiger partial charge in [0.25, 0.3) is 5.69 Å². The van der Waals surface area contributed by atoms with Crippen LogP contribution in [0, 0.1) is 10.1 Å². The zero-order valence-corrected chi connectivity index (χ0v) is 14.8. The van der Waals surface area contributed by atoms with Crippen LogP contribution >= 0.6 is 0 Å². The average Bonchev–Trinajstić information content (AvgIpc) is 2.83. The number of nitrogens with zero attached hydrogens (tertiary/aromatic N) is 3. The van der Waals surface area contributed by atoms with E-state index in [1.807, 2.05) is 6.07 Å². The molecule has 6 heteroatoms. The monoisotopic (exact) mass is 333 g/mol. The second-order valence-electron chi connectivity index (χ2n) is 7.16. The Labute approximate surface area is 143 Å². The van der Waals surface area contributed by atoms with Gasteiger partial charge in [0.1, 0.15) is 0 Å². The molecule has 0 N–H and O–H groups in total. The first-order valence-corrected chi connectivity index (χ1v) is 8.80. The molecular weight excluding hydrogens is 306 g/mol. The van der Waals surface area contributed by atoms with Gasteiger partial charge in [0.15, 0.2) is 0 Å². The van der Waals surface area contributed by atoms with Gasteiger partial charge in [-0.15, -0.1) is 0 Å². The van der Waals surface area contributed by atoms with E-state index in [1.54, 1.807) is 19.2 Å². The number of benzene rings is 1.